The van der Waals surface area contributed by atoms with Crippen LogP contribution in [0.15, 0.2) is 46.9 Å². The van der Waals surface area contributed by atoms with E-state index < -0.39 is 0 Å². The predicted molar refractivity (Wildman–Crippen MR) is 87.0 cm³/mol. The van der Waals surface area contributed by atoms with E-state index in [-0.39, 0.29) is 0 Å². The van der Waals surface area contributed by atoms with Crippen LogP contribution in [0.25, 0.3) is 0 Å². The monoisotopic (exact) mass is 344 g/mol. The molecule has 2 aromatic rings. The van der Waals surface area contributed by atoms with Crippen LogP contribution < -0.4 is 4.74 Å². The number of nitriles is 1. The van der Waals surface area contributed by atoms with Gasteiger partial charge in [-0.15, -0.1) is 0 Å². The van der Waals surface area contributed by atoms with Crippen LogP contribution in [0.4, 0.5) is 0 Å². The van der Waals surface area contributed by atoms with E-state index in [4.69, 9.17) is 10.00 Å². The highest BCUT2D eigenvalue weighted by atomic mass is 79.9. The van der Waals surface area contributed by atoms with Crippen molar-refractivity contribution in [1.82, 2.24) is 4.90 Å². The fourth-order valence-corrected chi connectivity index (χ4v) is 2.62. The highest BCUT2D eigenvalue weighted by Crippen LogP contribution is 2.21. The van der Waals surface area contributed by atoms with Gasteiger partial charge in [0.25, 0.3) is 0 Å². The summed E-state index contributed by atoms with van der Waals surface area (Å²) in [5, 5.41) is 9.00. The Morgan fingerprint density at radius 2 is 1.95 bits per heavy atom. The van der Waals surface area contributed by atoms with Gasteiger partial charge >= 0.3 is 0 Å². The van der Waals surface area contributed by atoms with Gasteiger partial charge in [0.2, 0.25) is 0 Å². The van der Waals surface area contributed by atoms with Gasteiger partial charge in [0.15, 0.2) is 0 Å². The third-order valence-corrected chi connectivity index (χ3v) is 4.01. The average Bonchev–Trinajstić information content (AvgIpc) is 2.49. The highest BCUT2D eigenvalue weighted by Gasteiger charge is 2.07. The van der Waals surface area contributed by atoms with Crippen molar-refractivity contribution >= 4 is 15.9 Å². The lowest BCUT2D eigenvalue weighted by atomic mass is 10.1. The van der Waals surface area contributed by atoms with Gasteiger partial charge in [0, 0.05) is 17.6 Å². The molecule has 0 bridgehead atoms. The van der Waals surface area contributed by atoms with E-state index in [1.807, 2.05) is 30.3 Å². The van der Waals surface area contributed by atoms with Crippen LogP contribution in [-0.2, 0) is 13.1 Å². The van der Waals surface area contributed by atoms with Gasteiger partial charge in [-0.05, 0) is 36.4 Å². The third-order valence-electron chi connectivity index (χ3n) is 3.24. The third kappa shape index (κ3) is 4.07. The fraction of sp³-hybridized carbons (Fsp3) is 0.235. The summed E-state index contributed by atoms with van der Waals surface area (Å²) in [5.74, 6) is 0.629. The lowest BCUT2D eigenvalue weighted by Gasteiger charge is -2.18. The molecule has 0 atom stereocenters. The van der Waals surface area contributed by atoms with Crippen molar-refractivity contribution in [2.24, 2.45) is 0 Å². The minimum atomic E-state index is 0.565. The molecule has 0 amide bonds. The number of ether oxygens (including phenoxy) is 1. The molecule has 0 spiro atoms. The Bertz CT molecular complexity index is 664. The molecule has 0 radical (unpaired) electrons. The van der Waals surface area contributed by atoms with Crippen molar-refractivity contribution in [1.29, 1.82) is 5.26 Å². The molecule has 0 N–H and O–H groups in total. The zero-order chi connectivity index (χ0) is 15.2. The zero-order valence-electron chi connectivity index (χ0n) is 12.1. The summed E-state index contributed by atoms with van der Waals surface area (Å²) in [6, 6.07) is 16.0. The van der Waals surface area contributed by atoms with Crippen LogP contribution in [0, 0.1) is 11.3 Å². The van der Waals surface area contributed by atoms with Gasteiger partial charge in [-0.25, -0.2) is 0 Å². The molecule has 2 aromatic carbocycles. The van der Waals surface area contributed by atoms with E-state index in [0.717, 1.165) is 23.1 Å². The topological polar surface area (TPSA) is 36.3 Å². The second kappa shape index (κ2) is 7.26. The SMILES string of the molecule is COc1cc(CN(C)Cc2ccccc2Br)ccc1C#N. The van der Waals surface area contributed by atoms with Crippen molar-refractivity contribution in [2.45, 2.75) is 13.1 Å². The maximum atomic E-state index is 9.00. The van der Waals surface area contributed by atoms with E-state index in [0.29, 0.717) is 11.3 Å². The molecule has 0 saturated heterocycles. The number of nitrogens with zero attached hydrogens (tertiary/aromatic N) is 2. The van der Waals surface area contributed by atoms with Crippen LogP contribution >= 0.6 is 15.9 Å². The summed E-state index contributed by atoms with van der Waals surface area (Å²) in [6.07, 6.45) is 0. The minimum absolute atomic E-state index is 0.565. The summed E-state index contributed by atoms with van der Waals surface area (Å²) in [6.45, 7) is 1.65. The van der Waals surface area contributed by atoms with Gasteiger partial charge in [-0.1, -0.05) is 40.2 Å². The van der Waals surface area contributed by atoms with Crippen LogP contribution in [0.2, 0.25) is 0 Å². The molecule has 0 aliphatic rings. The first kappa shape index (κ1) is 15.6. The number of rotatable bonds is 5. The molecule has 2 rings (SSSR count). The van der Waals surface area contributed by atoms with Gasteiger partial charge in [-0.3, -0.25) is 4.90 Å². The molecular weight excluding hydrogens is 328 g/mol. The van der Waals surface area contributed by atoms with E-state index in [9.17, 15) is 0 Å². The average molecular weight is 345 g/mol. The molecule has 4 heteroatoms. The Kier molecular flexibility index (Phi) is 5.38. The van der Waals surface area contributed by atoms with Crippen LogP contribution in [-0.4, -0.2) is 19.1 Å². The molecule has 0 aliphatic carbocycles. The Morgan fingerprint density at radius 3 is 2.62 bits per heavy atom. The molecule has 0 aromatic heterocycles. The molecule has 0 fully saturated rings. The maximum absolute atomic E-state index is 9.00. The molecule has 0 aliphatic heterocycles. The summed E-state index contributed by atoms with van der Waals surface area (Å²) in [5.41, 5.74) is 2.94. The quantitative estimate of drug-likeness (QED) is 0.823. The van der Waals surface area contributed by atoms with Crippen LogP contribution in [0.3, 0.4) is 0 Å². The number of halogens is 1. The van der Waals surface area contributed by atoms with E-state index in [2.05, 4.69) is 40.0 Å². The standard InChI is InChI=1S/C17H17BrN2O/c1-20(12-15-5-3-4-6-16(15)18)11-13-7-8-14(10-19)17(9-13)21-2/h3-9H,11-12H2,1-2H3. The number of methoxy groups -OCH3 is 1. The Balaban J connectivity index is 2.08. The Hall–Kier alpha value is -1.83. The van der Waals surface area contributed by atoms with Crippen molar-refractivity contribution in [2.75, 3.05) is 14.2 Å². The lowest BCUT2D eigenvalue weighted by Crippen LogP contribution is -2.17. The summed E-state index contributed by atoms with van der Waals surface area (Å²) >= 11 is 3.57. The molecule has 108 valence electrons. The first-order valence-electron chi connectivity index (χ1n) is 6.63. The number of hydrogen-bond donors (Lipinski definition) is 0. The van der Waals surface area contributed by atoms with Gasteiger partial charge in [0.05, 0.1) is 12.7 Å². The van der Waals surface area contributed by atoms with Crippen LogP contribution in [0.5, 0.6) is 5.75 Å². The van der Waals surface area contributed by atoms with Gasteiger partial charge < -0.3 is 4.74 Å². The smallest absolute Gasteiger partial charge is 0.136 e. The molecule has 0 unspecified atom stereocenters. The van der Waals surface area contributed by atoms with E-state index >= 15 is 0 Å². The van der Waals surface area contributed by atoms with Gasteiger partial charge in [0.1, 0.15) is 11.8 Å². The second-order valence-corrected chi connectivity index (χ2v) is 5.76. The Morgan fingerprint density at radius 1 is 1.19 bits per heavy atom. The fourth-order valence-electron chi connectivity index (χ4n) is 2.21. The summed E-state index contributed by atoms with van der Waals surface area (Å²) in [7, 11) is 3.66. The highest BCUT2D eigenvalue weighted by molar-refractivity contribution is 9.10. The van der Waals surface area contributed by atoms with Crippen molar-refractivity contribution < 1.29 is 4.74 Å². The normalized spacial score (nSPS) is 10.4. The molecule has 0 saturated carbocycles. The first-order chi connectivity index (χ1) is 10.1. The largest absolute Gasteiger partial charge is 0.495 e. The zero-order valence-corrected chi connectivity index (χ0v) is 13.7. The maximum Gasteiger partial charge on any atom is 0.136 e. The lowest BCUT2D eigenvalue weighted by molar-refractivity contribution is 0.317. The Labute approximate surface area is 133 Å². The second-order valence-electron chi connectivity index (χ2n) is 4.91. The molecule has 0 heterocycles. The molecular formula is C17H17BrN2O. The van der Waals surface area contributed by atoms with Crippen molar-refractivity contribution in [3.8, 4) is 11.8 Å². The van der Waals surface area contributed by atoms with Crippen molar-refractivity contribution in [3.05, 3.63) is 63.6 Å². The van der Waals surface area contributed by atoms with Crippen molar-refractivity contribution in [3.63, 3.8) is 0 Å². The van der Waals surface area contributed by atoms with Gasteiger partial charge in [-0.2, -0.15) is 5.26 Å². The first-order valence-corrected chi connectivity index (χ1v) is 7.42. The number of hydrogen-bond acceptors (Lipinski definition) is 3. The number of benzene rings is 2. The van der Waals surface area contributed by atoms with E-state index in [1.165, 1.54) is 5.56 Å². The van der Waals surface area contributed by atoms with E-state index in [1.54, 1.807) is 13.2 Å². The predicted octanol–water partition coefficient (Wildman–Crippen LogP) is 3.96. The van der Waals surface area contributed by atoms with Crippen LogP contribution in [0.1, 0.15) is 16.7 Å². The molecule has 3 nitrogen and oxygen atoms in total. The minimum Gasteiger partial charge on any atom is -0.495 e. The summed E-state index contributed by atoms with van der Waals surface area (Å²) < 4.78 is 6.37. The molecule has 21 heavy (non-hydrogen) atoms. The summed E-state index contributed by atoms with van der Waals surface area (Å²) in [4.78, 5) is 2.22.